The average Bonchev–Trinajstić information content (AvgIpc) is 3.13. The third-order valence-corrected chi connectivity index (χ3v) is 4.16. The Morgan fingerprint density at radius 2 is 1.83 bits per heavy atom. The van der Waals surface area contributed by atoms with Crippen LogP contribution in [0.3, 0.4) is 0 Å². The lowest BCUT2D eigenvalue weighted by Gasteiger charge is -2.26. The van der Waals surface area contributed by atoms with Crippen molar-refractivity contribution in [2.45, 2.75) is 39.2 Å². The largest absolute Gasteiger partial charge is 0.330 e. The summed E-state index contributed by atoms with van der Waals surface area (Å²) in [6.45, 7) is 5.31. The summed E-state index contributed by atoms with van der Waals surface area (Å²) < 4.78 is 0. The molecule has 0 spiro atoms. The molecule has 0 radical (unpaired) electrons. The van der Waals surface area contributed by atoms with Crippen molar-refractivity contribution in [3.05, 3.63) is 35.4 Å². The fourth-order valence-corrected chi connectivity index (χ4v) is 2.92. The summed E-state index contributed by atoms with van der Waals surface area (Å²) in [5, 5.41) is 3.45. The van der Waals surface area contributed by atoms with Crippen molar-refractivity contribution >= 4 is 0 Å². The first-order chi connectivity index (χ1) is 8.61. The topological polar surface area (TPSA) is 38.0 Å². The molecule has 100 valence electrons. The van der Waals surface area contributed by atoms with Crippen molar-refractivity contribution in [1.29, 1.82) is 0 Å². The van der Waals surface area contributed by atoms with Gasteiger partial charge in [0.15, 0.2) is 0 Å². The van der Waals surface area contributed by atoms with Gasteiger partial charge in [-0.1, -0.05) is 38.1 Å². The van der Waals surface area contributed by atoms with Crippen molar-refractivity contribution in [3.63, 3.8) is 0 Å². The van der Waals surface area contributed by atoms with E-state index in [1.807, 2.05) is 7.05 Å². The predicted molar refractivity (Wildman–Crippen MR) is 77.5 cm³/mol. The maximum absolute atomic E-state index is 5.94. The fourth-order valence-electron chi connectivity index (χ4n) is 2.92. The third kappa shape index (κ3) is 2.76. The smallest absolute Gasteiger partial charge is 0.0386 e. The van der Waals surface area contributed by atoms with Crippen LogP contribution in [0.2, 0.25) is 0 Å². The van der Waals surface area contributed by atoms with Gasteiger partial charge in [0.25, 0.3) is 0 Å². The molecule has 1 aliphatic carbocycles. The Labute approximate surface area is 111 Å². The van der Waals surface area contributed by atoms with Crippen LogP contribution in [0.5, 0.6) is 0 Å². The number of benzene rings is 1. The number of nitrogens with one attached hydrogen (secondary N) is 1. The van der Waals surface area contributed by atoms with Gasteiger partial charge in [-0.3, -0.25) is 0 Å². The van der Waals surface area contributed by atoms with E-state index in [-0.39, 0.29) is 0 Å². The molecule has 1 aromatic rings. The molecule has 1 fully saturated rings. The Balaban J connectivity index is 2.12. The van der Waals surface area contributed by atoms with E-state index in [4.69, 9.17) is 5.73 Å². The van der Waals surface area contributed by atoms with E-state index in [9.17, 15) is 0 Å². The lowest BCUT2D eigenvalue weighted by molar-refractivity contribution is 0.366. The molecular weight excluding hydrogens is 220 g/mol. The molecule has 2 rings (SSSR count). The van der Waals surface area contributed by atoms with Crippen molar-refractivity contribution < 1.29 is 0 Å². The van der Waals surface area contributed by atoms with Crippen molar-refractivity contribution in [2.75, 3.05) is 13.6 Å². The molecule has 3 N–H and O–H groups in total. The van der Waals surface area contributed by atoms with Crippen LogP contribution in [0.25, 0.3) is 0 Å². The van der Waals surface area contributed by atoms with Gasteiger partial charge in [0.2, 0.25) is 0 Å². The fraction of sp³-hybridized carbons (Fsp3) is 0.625. The van der Waals surface area contributed by atoms with E-state index in [1.165, 1.54) is 24.0 Å². The number of nitrogens with two attached hydrogens (primary N) is 1. The molecule has 0 heterocycles. The lowest BCUT2D eigenvalue weighted by Crippen LogP contribution is -2.32. The summed E-state index contributed by atoms with van der Waals surface area (Å²) in [6, 6.07) is 9.50. The minimum absolute atomic E-state index is 0.314. The van der Waals surface area contributed by atoms with E-state index in [1.54, 1.807) is 0 Å². The Morgan fingerprint density at radius 3 is 2.22 bits per heavy atom. The van der Waals surface area contributed by atoms with Crippen LogP contribution in [-0.4, -0.2) is 13.6 Å². The SMILES string of the molecule is CNC(c1ccc(CC(C)C)cc1)C1(CN)CC1. The second kappa shape index (κ2) is 5.41. The summed E-state index contributed by atoms with van der Waals surface area (Å²) in [5.74, 6) is 0.717. The number of hydrogen-bond donors (Lipinski definition) is 2. The summed E-state index contributed by atoms with van der Waals surface area (Å²) in [4.78, 5) is 0. The lowest BCUT2D eigenvalue weighted by atomic mass is 9.89. The van der Waals surface area contributed by atoms with Gasteiger partial charge in [0, 0.05) is 11.5 Å². The van der Waals surface area contributed by atoms with E-state index < -0.39 is 0 Å². The molecule has 2 nitrogen and oxygen atoms in total. The minimum atomic E-state index is 0.314. The maximum Gasteiger partial charge on any atom is 0.0386 e. The highest BCUT2D eigenvalue weighted by Gasteiger charge is 2.48. The second-order valence-electron chi connectivity index (χ2n) is 6.13. The molecule has 1 atom stereocenters. The molecule has 0 bridgehead atoms. The Bertz CT molecular complexity index is 377. The molecule has 0 amide bonds. The van der Waals surface area contributed by atoms with E-state index in [2.05, 4.69) is 43.4 Å². The molecule has 1 unspecified atom stereocenters. The van der Waals surface area contributed by atoms with Gasteiger partial charge in [-0.15, -0.1) is 0 Å². The zero-order valence-corrected chi connectivity index (χ0v) is 11.9. The zero-order valence-electron chi connectivity index (χ0n) is 11.9. The molecule has 0 aliphatic heterocycles. The van der Waals surface area contributed by atoms with Crippen LogP contribution >= 0.6 is 0 Å². The third-order valence-electron chi connectivity index (χ3n) is 4.16. The van der Waals surface area contributed by atoms with Gasteiger partial charge < -0.3 is 11.1 Å². The van der Waals surface area contributed by atoms with Gasteiger partial charge in [-0.05, 0) is 49.9 Å². The minimum Gasteiger partial charge on any atom is -0.330 e. The van der Waals surface area contributed by atoms with Crippen molar-refractivity contribution in [3.8, 4) is 0 Å². The van der Waals surface area contributed by atoms with E-state index in [0.717, 1.165) is 18.9 Å². The zero-order chi connectivity index (χ0) is 13.2. The first-order valence-electron chi connectivity index (χ1n) is 7.07. The molecule has 0 saturated heterocycles. The second-order valence-corrected chi connectivity index (χ2v) is 6.13. The quantitative estimate of drug-likeness (QED) is 0.810. The van der Waals surface area contributed by atoms with E-state index >= 15 is 0 Å². The van der Waals surface area contributed by atoms with Gasteiger partial charge >= 0.3 is 0 Å². The summed E-state index contributed by atoms with van der Waals surface area (Å²) in [5.41, 5.74) is 9.07. The van der Waals surface area contributed by atoms with Crippen molar-refractivity contribution in [1.82, 2.24) is 5.32 Å². The summed E-state index contributed by atoms with van der Waals surface area (Å²) in [7, 11) is 2.04. The highest BCUT2D eigenvalue weighted by atomic mass is 14.9. The average molecular weight is 246 g/mol. The van der Waals surface area contributed by atoms with Gasteiger partial charge in [0.1, 0.15) is 0 Å². The first kappa shape index (κ1) is 13.6. The predicted octanol–water partition coefficient (Wildman–Crippen LogP) is 2.88. The molecule has 1 aliphatic rings. The molecule has 2 heteroatoms. The highest BCUT2D eigenvalue weighted by molar-refractivity contribution is 5.28. The number of hydrogen-bond acceptors (Lipinski definition) is 2. The van der Waals surface area contributed by atoms with Crippen LogP contribution in [-0.2, 0) is 6.42 Å². The standard InChI is InChI=1S/C16H26N2/c1-12(2)10-13-4-6-14(7-5-13)15(18-3)16(11-17)8-9-16/h4-7,12,15,18H,8-11,17H2,1-3H3. The Kier molecular flexibility index (Phi) is 4.08. The summed E-state index contributed by atoms with van der Waals surface area (Å²) >= 11 is 0. The van der Waals surface area contributed by atoms with Crippen LogP contribution < -0.4 is 11.1 Å². The molecule has 18 heavy (non-hydrogen) atoms. The van der Waals surface area contributed by atoms with Crippen LogP contribution in [0.1, 0.15) is 43.9 Å². The van der Waals surface area contributed by atoms with Gasteiger partial charge in [-0.2, -0.15) is 0 Å². The molecule has 1 aromatic carbocycles. The number of rotatable bonds is 6. The van der Waals surface area contributed by atoms with Gasteiger partial charge in [0.05, 0.1) is 0 Å². The summed E-state index contributed by atoms with van der Waals surface area (Å²) in [6.07, 6.45) is 3.66. The molecular formula is C16H26N2. The Hall–Kier alpha value is -0.860. The van der Waals surface area contributed by atoms with Crippen molar-refractivity contribution in [2.24, 2.45) is 17.1 Å². The Morgan fingerprint density at radius 1 is 1.22 bits per heavy atom. The van der Waals surface area contributed by atoms with Crippen LogP contribution in [0.15, 0.2) is 24.3 Å². The maximum atomic E-state index is 5.94. The highest BCUT2D eigenvalue weighted by Crippen LogP contribution is 2.53. The monoisotopic (exact) mass is 246 g/mol. The van der Waals surface area contributed by atoms with Gasteiger partial charge in [-0.25, -0.2) is 0 Å². The van der Waals surface area contributed by atoms with Crippen LogP contribution in [0, 0.1) is 11.3 Å². The van der Waals surface area contributed by atoms with E-state index in [0.29, 0.717) is 11.5 Å². The normalized spacial score (nSPS) is 18.9. The van der Waals surface area contributed by atoms with Crippen LogP contribution in [0.4, 0.5) is 0 Å². The molecule has 0 aromatic heterocycles. The molecule has 1 saturated carbocycles. The first-order valence-corrected chi connectivity index (χ1v) is 7.07.